The Kier molecular flexibility index (Phi) is 4.33. The molecule has 0 saturated heterocycles. The summed E-state index contributed by atoms with van der Waals surface area (Å²) in [7, 11) is 0. The molecular weight excluding hydrogens is 318 g/mol. The number of carbonyl (C=O) groups excluding carboxylic acids is 1. The average molecular weight is 339 g/mol. The summed E-state index contributed by atoms with van der Waals surface area (Å²) in [5.41, 5.74) is 3.01. The highest BCUT2D eigenvalue weighted by atomic mass is 16.6. The lowest BCUT2D eigenvalue weighted by Gasteiger charge is -2.19. The van der Waals surface area contributed by atoms with E-state index < -0.39 is 11.6 Å². The van der Waals surface area contributed by atoms with Crippen LogP contribution in [0, 0.1) is 10.1 Å². The molecule has 0 N–H and O–H groups in total. The minimum atomic E-state index is -0.518. The summed E-state index contributed by atoms with van der Waals surface area (Å²) in [6.45, 7) is 5.51. The number of hydrogen-bond acceptors (Lipinski definition) is 4. The van der Waals surface area contributed by atoms with Gasteiger partial charge in [-0.25, -0.2) is 4.79 Å². The van der Waals surface area contributed by atoms with Crippen molar-refractivity contribution in [1.29, 1.82) is 0 Å². The van der Waals surface area contributed by atoms with Gasteiger partial charge in [-0.3, -0.25) is 10.1 Å². The number of nitro groups is 1. The molecule has 2 aromatic rings. The number of rotatable bonds is 4. The molecule has 0 aromatic heterocycles. The third-order valence-corrected chi connectivity index (χ3v) is 4.22. The summed E-state index contributed by atoms with van der Waals surface area (Å²) in [6, 6.07) is 14.7. The first-order chi connectivity index (χ1) is 11.7. The second-order valence-electron chi connectivity index (χ2n) is 7.40. The molecule has 1 aliphatic carbocycles. The Morgan fingerprint density at radius 2 is 1.56 bits per heavy atom. The molecule has 1 saturated carbocycles. The van der Waals surface area contributed by atoms with Gasteiger partial charge in [0.05, 0.1) is 11.5 Å². The summed E-state index contributed by atoms with van der Waals surface area (Å²) >= 11 is 0. The molecule has 1 aliphatic rings. The summed E-state index contributed by atoms with van der Waals surface area (Å²) < 4.78 is 5.35. The van der Waals surface area contributed by atoms with Crippen LogP contribution in [-0.2, 0) is 4.74 Å². The molecular formula is C20H21NO4. The number of esters is 1. The summed E-state index contributed by atoms with van der Waals surface area (Å²) in [5, 5.41) is 10.8. The van der Waals surface area contributed by atoms with Crippen LogP contribution < -0.4 is 0 Å². The van der Waals surface area contributed by atoms with Crippen LogP contribution in [0.5, 0.6) is 0 Å². The lowest BCUT2D eigenvalue weighted by molar-refractivity contribution is -0.496. The maximum absolute atomic E-state index is 12.0. The van der Waals surface area contributed by atoms with Crippen molar-refractivity contribution in [3.63, 3.8) is 0 Å². The molecule has 130 valence electrons. The fraction of sp³-hybridized carbons (Fsp3) is 0.350. The van der Waals surface area contributed by atoms with Gasteiger partial charge in [-0.1, -0.05) is 36.4 Å². The SMILES string of the molecule is CC(C)(C)OC(=O)c1ccc(-c2ccc([C@H]3C[C@@H]3[N+](=O)[O-])cc2)cc1. The third-order valence-electron chi connectivity index (χ3n) is 4.22. The number of benzene rings is 2. The molecule has 0 aliphatic heterocycles. The van der Waals surface area contributed by atoms with Gasteiger partial charge in [-0.2, -0.15) is 0 Å². The van der Waals surface area contributed by atoms with Crippen molar-refractivity contribution in [3.05, 3.63) is 69.8 Å². The van der Waals surface area contributed by atoms with Crippen LogP contribution in [0.25, 0.3) is 11.1 Å². The zero-order valence-electron chi connectivity index (χ0n) is 14.6. The van der Waals surface area contributed by atoms with Gasteiger partial charge in [0.1, 0.15) is 5.60 Å². The quantitative estimate of drug-likeness (QED) is 0.469. The molecule has 2 aromatic carbocycles. The fourth-order valence-corrected chi connectivity index (χ4v) is 2.83. The third kappa shape index (κ3) is 4.05. The van der Waals surface area contributed by atoms with E-state index in [0.29, 0.717) is 12.0 Å². The van der Waals surface area contributed by atoms with Crippen molar-refractivity contribution < 1.29 is 14.5 Å². The highest BCUT2D eigenvalue weighted by Crippen LogP contribution is 2.43. The van der Waals surface area contributed by atoms with Crippen LogP contribution in [0.4, 0.5) is 0 Å². The average Bonchev–Trinajstić information content (AvgIpc) is 3.34. The maximum Gasteiger partial charge on any atom is 0.338 e. The Labute approximate surface area is 146 Å². The highest BCUT2D eigenvalue weighted by molar-refractivity contribution is 5.90. The van der Waals surface area contributed by atoms with Crippen LogP contribution in [0.2, 0.25) is 0 Å². The van der Waals surface area contributed by atoms with E-state index in [9.17, 15) is 14.9 Å². The number of ether oxygens (including phenoxy) is 1. The van der Waals surface area contributed by atoms with E-state index >= 15 is 0 Å². The van der Waals surface area contributed by atoms with Gasteiger partial charge < -0.3 is 4.74 Å². The van der Waals surface area contributed by atoms with Crippen molar-refractivity contribution in [2.45, 2.75) is 44.8 Å². The number of hydrogen-bond donors (Lipinski definition) is 0. The molecule has 2 atom stereocenters. The van der Waals surface area contributed by atoms with Gasteiger partial charge >= 0.3 is 5.97 Å². The van der Waals surface area contributed by atoms with Crippen molar-refractivity contribution in [2.75, 3.05) is 0 Å². The Morgan fingerprint density at radius 1 is 1.04 bits per heavy atom. The van der Waals surface area contributed by atoms with Gasteiger partial charge in [0.25, 0.3) is 0 Å². The molecule has 1 fully saturated rings. The standard InChI is InChI=1S/C20H21NO4/c1-20(2,3)25-19(22)16-10-6-14(7-11-16)13-4-8-15(9-5-13)17-12-18(17)21(23)24/h4-11,17-18H,12H2,1-3H3/t17-,18+/m1/s1. The molecule has 3 rings (SSSR count). The molecule has 0 amide bonds. The minimum absolute atomic E-state index is 0.0404. The molecule has 0 heterocycles. The zero-order valence-corrected chi connectivity index (χ0v) is 14.6. The Balaban J connectivity index is 1.70. The Morgan fingerprint density at radius 3 is 2.00 bits per heavy atom. The van der Waals surface area contributed by atoms with Gasteiger partial charge in [0.2, 0.25) is 6.04 Å². The van der Waals surface area contributed by atoms with Crippen molar-refractivity contribution >= 4 is 5.97 Å². The van der Waals surface area contributed by atoms with E-state index in [1.165, 1.54) is 0 Å². The zero-order chi connectivity index (χ0) is 18.2. The molecule has 5 heteroatoms. The summed E-state index contributed by atoms with van der Waals surface area (Å²) in [6.07, 6.45) is 0.622. The van der Waals surface area contributed by atoms with Crippen molar-refractivity contribution in [2.24, 2.45) is 0 Å². The molecule has 0 spiro atoms. The largest absolute Gasteiger partial charge is 0.456 e. The van der Waals surface area contributed by atoms with Crippen LogP contribution >= 0.6 is 0 Å². The summed E-state index contributed by atoms with van der Waals surface area (Å²) in [4.78, 5) is 22.6. The van der Waals surface area contributed by atoms with Crippen molar-refractivity contribution in [1.82, 2.24) is 0 Å². The van der Waals surface area contributed by atoms with Gasteiger partial charge in [0, 0.05) is 11.3 Å². The highest BCUT2D eigenvalue weighted by Gasteiger charge is 2.49. The Bertz CT molecular complexity index is 788. The lowest BCUT2D eigenvalue weighted by atomic mass is 10.0. The van der Waals surface area contributed by atoms with Crippen LogP contribution in [0.1, 0.15) is 49.0 Å². The van der Waals surface area contributed by atoms with Crippen LogP contribution in [-0.4, -0.2) is 22.5 Å². The molecule has 25 heavy (non-hydrogen) atoms. The van der Waals surface area contributed by atoms with E-state index in [-0.39, 0.29) is 16.8 Å². The topological polar surface area (TPSA) is 69.4 Å². The molecule has 5 nitrogen and oxygen atoms in total. The van der Waals surface area contributed by atoms with E-state index in [1.54, 1.807) is 12.1 Å². The van der Waals surface area contributed by atoms with E-state index in [0.717, 1.165) is 16.7 Å². The van der Waals surface area contributed by atoms with Gasteiger partial charge in [-0.15, -0.1) is 0 Å². The van der Waals surface area contributed by atoms with Crippen LogP contribution in [0.15, 0.2) is 48.5 Å². The predicted octanol–water partition coefficient (Wildman–Crippen LogP) is 4.44. The second-order valence-corrected chi connectivity index (χ2v) is 7.40. The van der Waals surface area contributed by atoms with Gasteiger partial charge in [-0.05, 0) is 49.6 Å². The molecule has 0 radical (unpaired) electrons. The lowest BCUT2D eigenvalue weighted by Crippen LogP contribution is -2.23. The van der Waals surface area contributed by atoms with Crippen LogP contribution in [0.3, 0.4) is 0 Å². The first-order valence-electron chi connectivity index (χ1n) is 8.32. The van der Waals surface area contributed by atoms with Gasteiger partial charge in [0.15, 0.2) is 0 Å². The number of carbonyl (C=O) groups is 1. The second kappa shape index (κ2) is 6.31. The Hall–Kier alpha value is -2.69. The maximum atomic E-state index is 12.0. The predicted molar refractivity (Wildman–Crippen MR) is 95.2 cm³/mol. The normalized spacial score (nSPS) is 19.3. The molecule has 0 unspecified atom stereocenters. The first kappa shape index (κ1) is 17.1. The minimum Gasteiger partial charge on any atom is -0.456 e. The smallest absolute Gasteiger partial charge is 0.338 e. The first-order valence-corrected chi connectivity index (χ1v) is 8.32. The van der Waals surface area contributed by atoms with Crippen molar-refractivity contribution in [3.8, 4) is 11.1 Å². The number of nitrogens with zero attached hydrogens (tertiary/aromatic N) is 1. The van der Waals surface area contributed by atoms with E-state index in [2.05, 4.69) is 0 Å². The van der Waals surface area contributed by atoms with E-state index in [4.69, 9.17) is 4.74 Å². The fourth-order valence-electron chi connectivity index (χ4n) is 2.83. The molecule has 0 bridgehead atoms. The van der Waals surface area contributed by atoms with E-state index in [1.807, 2.05) is 57.2 Å². The summed E-state index contributed by atoms with van der Waals surface area (Å²) in [5.74, 6) is -0.299. The monoisotopic (exact) mass is 339 g/mol.